The second-order valence-electron chi connectivity index (χ2n) is 6.53. The number of likely N-dealkylation sites (tertiary alicyclic amines) is 1. The molecule has 4 rings (SSSR count). The van der Waals surface area contributed by atoms with E-state index in [1.807, 2.05) is 24.3 Å². The molecular weight excluding hydrogens is 298 g/mol. The van der Waals surface area contributed by atoms with E-state index in [1.54, 1.807) is 6.07 Å². The molecule has 1 saturated heterocycles. The third-order valence-corrected chi connectivity index (χ3v) is 4.92. The lowest BCUT2D eigenvalue weighted by atomic mass is 9.89. The lowest BCUT2D eigenvalue weighted by Gasteiger charge is -2.31. The first-order valence-electron chi connectivity index (χ1n) is 8.59. The van der Waals surface area contributed by atoms with Gasteiger partial charge in [-0.3, -0.25) is 9.69 Å². The Kier molecular flexibility index (Phi) is 4.18. The molecule has 0 amide bonds. The van der Waals surface area contributed by atoms with Gasteiger partial charge in [0.05, 0.1) is 11.9 Å². The smallest absolute Gasteiger partial charge is 0.192 e. The lowest BCUT2D eigenvalue weighted by Crippen LogP contribution is -2.32. The maximum absolute atomic E-state index is 12.2. The summed E-state index contributed by atoms with van der Waals surface area (Å²) in [6.07, 6.45) is 2.31. The Morgan fingerprint density at radius 3 is 2.46 bits per heavy atom. The molecular formula is C21H21NO2. The Balaban J connectivity index is 1.45. The minimum absolute atomic E-state index is 0.0472. The fourth-order valence-corrected chi connectivity index (χ4v) is 3.60. The number of nitrogens with zero attached hydrogens (tertiary/aromatic N) is 1. The highest BCUT2D eigenvalue weighted by Crippen LogP contribution is 2.28. The summed E-state index contributed by atoms with van der Waals surface area (Å²) in [7, 11) is 0. The van der Waals surface area contributed by atoms with Crippen molar-refractivity contribution in [2.24, 2.45) is 0 Å². The summed E-state index contributed by atoms with van der Waals surface area (Å²) in [4.78, 5) is 14.6. The van der Waals surface area contributed by atoms with Crippen LogP contribution in [0.1, 0.15) is 30.1 Å². The van der Waals surface area contributed by atoms with Crippen LogP contribution < -0.4 is 5.43 Å². The second kappa shape index (κ2) is 6.62. The Hall–Kier alpha value is -2.39. The van der Waals surface area contributed by atoms with Crippen molar-refractivity contribution in [3.05, 3.63) is 82.2 Å². The van der Waals surface area contributed by atoms with E-state index in [4.69, 9.17) is 4.42 Å². The van der Waals surface area contributed by atoms with Crippen molar-refractivity contribution in [3.63, 3.8) is 0 Å². The first-order chi connectivity index (χ1) is 11.8. The number of rotatable bonds is 3. The Morgan fingerprint density at radius 2 is 1.67 bits per heavy atom. The number of hydrogen-bond acceptors (Lipinski definition) is 3. The van der Waals surface area contributed by atoms with Gasteiger partial charge in [-0.2, -0.15) is 0 Å². The summed E-state index contributed by atoms with van der Waals surface area (Å²) < 4.78 is 5.92. The van der Waals surface area contributed by atoms with Crippen molar-refractivity contribution < 1.29 is 4.42 Å². The zero-order valence-corrected chi connectivity index (χ0v) is 13.7. The van der Waals surface area contributed by atoms with Crippen molar-refractivity contribution in [2.45, 2.75) is 25.3 Å². The molecule has 0 bridgehead atoms. The summed E-state index contributed by atoms with van der Waals surface area (Å²) >= 11 is 0. The maximum atomic E-state index is 12.2. The van der Waals surface area contributed by atoms with Crippen LogP contribution in [0, 0.1) is 0 Å². The highest BCUT2D eigenvalue weighted by atomic mass is 16.3. The number of benzene rings is 2. The van der Waals surface area contributed by atoms with E-state index < -0.39 is 0 Å². The average Bonchev–Trinajstić information content (AvgIpc) is 2.63. The Bertz CT molecular complexity index is 877. The van der Waals surface area contributed by atoms with Gasteiger partial charge >= 0.3 is 0 Å². The quantitative estimate of drug-likeness (QED) is 0.726. The number of piperidine rings is 1. The summed E-state index contributed by atoms with van der Waals surface area (Å²) in [6, 6.07) is 19.8. The first kappa shape index (κ1) is 15.2. The van der Waals surface area contributed by atoms with E-state index >= 15 is 0 Å². The molecule has 0 aliphatic carbocycles. The van der Waals surface area contributed by atoms with Crippen LogP contribution in [0.5, 0.6) is 0 Å². The van der Waals surface area contributed by atoms with Gasteiger partial charge in [0.15, 0.2) is 5.43 Å². The molecule has 0 atom stereocenters. The molecule has 0 radical (unpaired) electrons. The largest absolute Gasteiger partial charge is 0.459 e. The van der Waals surface area contributed by atoms with E-state index in [1.165, 1.54) is 5.56 Å². The van der Waals surface area contributed by atoms with Gasteiger partial charge in [-0.1, -0.05) is 42.5 Å². The van der Waals surface area contributed by atoms with Crippen molar-refractivity contribution in [2.75, 3.05) is 13.1 Å². The molecule has 3 aromatic rings. The zero-order chi connectivity index (χ0) is 16.4. The number of fused-ring (bicyclic) bond motifs is 1. The van der Waals surface area contributed by atoms with Gasteiger partial charge in [-0.05, 0) is 49.5 Å². The maximum Gasteiger partial charge on any atom is 0.192 e. The van der Waals surface area contributed by atoms with Crippen LogP contribution >= 0.6 is 0 Å². The van der Waals surface area contributed by atoms with Gasteiger partial charge in [0.1, 0.15) is 11.3 Å². The minimum Gasteiger partial charge on any atom is -0.459 e. The van der Waals surface area contributed by atoms with Crippen LogP contribution in [0.4, 0.5) is 0 Å². The summed E-state index contributed by atoms with van der Waals surface area (Å²) in [6.45, 7) is 2.79. The number of para-hydroxylation sites is 1. The van der Waals surface area contributed by atoms with E-state index in [9.17, 15) is 4.79 Å². The number of hydrogen-bond donors (Lipinski definition) is 0. The molecule has 1 fully saturated rings. The molecule has 2 heterocycles. The van der Waals surface area contributed by atoms with Crippen LogP contribution in [0.15, 0.2) is 69.9 Å². The SMILES string of the molecule is O=c1cc(CN2CCC(c3ccccc3)CC2)oc2ccccc12. The van der Waals surface area contributed by atoms with Crippen LogP contribution in [-0.2, 0) is 6.54 Å². The van der Waals surface area contributed by atoms with Gasteiger partial charge in [-0.25, -0.2) is 0 Å². The standard InChI is InChI=1S/C21H21NO2/c23-20-14-18(24-21-9-5-4-8-19(20)21)15-22-12-10-17(11-13-22)16-6-2-1-3-7-16/h1-9,14,17H,10-13,15H2. The van der Waals surface area contributed by atoms with Crippen LogP contribution in [0.3, 0.4) is 0 Å². The monoisotopic (exact) mass is 319 g/mol. The summed E-state index contributed by atoms with van der Waals surface area (Å²) in [5.41, 5.74) is 2.17. The third kappa shape index (κ3) is 3.13. The average molecular weight is 319 g/mol. The molecule has 0 unspecified atom stereocenters. The molecule has 2 aromatic carbocycles. The molecule has 1 aliphatic rings. The summed E-state index contributed by atoms with van der Waals surface area (Å²) in [5.74, 6) is 1.41. The molecule has 1 aromatic heterocycles. The van der Waals surface area contributed by atoms with E-state index in [-0.39, 0.29) is 5.43 Å². The van der Waals surface area contributed by atoms with Gasteiger partial charge in [0.25, 0.3) is 0 Å². The highest BCUT2D eigenvalue weighted by Gasteiger charge is 2.21. The van der Waals surface area contributed by atoms with E-state index in [0.29, 0.717) is 23.4 Å². The van der Waals surface area contributed by atoms with Crippen molar-refractivity contribution in [1.29, 1.82) is 0 Å². The van der Waals surface area contributed by atoms with E-state index in [2.05, 4.69) is 35.2 Å². The molecule has 0 N–H and O–H groups in total. The molecule has 0 saturated carbocycles. The van der Waals surface area contributed by atoms with Crippen LogP contribution in [-0.4, -0.2) is 18.0 Å². The van der Waals surface area contributed by atoms with Crippen LogP contribution in [0.25, 0.3) is 11.0 Å². The second-order valence-corrected chi connectivity index (χ2v) is 6.53. The Morgan fingerprint density at radius 1 is 0.958 bits per heavy atom. The topological polar surface area (TPSA) is 33.5 Å². The Labute approximate surface area is 141 Å². The van der Waals surface area contributed by atoms with Gasteiger partial charge < -0.3 is 4.42 Å². The van der Waals surface area contributed by atoms with Gasteiger partial charge in [0, 0.05) is 6.07 Å². The molecule has 0 spiro atoms. The normalized spacial score (nSPS) is 16.5. The predicted molar refractivity (Wildman–Crippen MR) is 96.2 cm³/mol. The van der Waals surface area contributed by atoms with Crippen molar-refractivity contribution in [3.8, 4) is 0 Å². The first-order valence-corrected chi connectivity index (χ1v) is 8.59. The minimum atomic E-state index is 0.0472. The molecule has 3 nitrogen and oxygen atoms in total. The van der Waals surface area contributed by atoms with Crippen LogP contribution in [0.2, 0.25) is 0 Å². The summed E-state index contributed by atoms with van der Waals surface area (Å²) in [5, 5.41) is 0.657. The highest BCUT2D eigenvalue weighted by molar-refractivity contribution is 5.76. The molecule has 122 valence electrons. The third-order valence-electron chi connectivity index (χ3n) is 4.92. The van der Waals surface area contributed by atoms with Crippen molar-refractivity contribution >= 4 is 11.0 Å². The van der Waals surface area contributed by atoms with Crippen molar-refractivity contribution in [1.82, 2.24) is 4.90 Å². The lowest BCUT2D eigenvalue weighted by molar-refractivity contribution is 0.191. The fourth-order valence-electron chi connectivity index (χ4n) is 3.60. The predicted octanol–water partition coefficient (Wildman–Crippen LogP) is 4.17. The zero-order valence-electron chi connectivity index (χ0n) is 13.7. The fraction of sp³-hybridized carbons (Fsp3) is 0.286. The molecule has 24 heavy (non-hydrogen) atoms. The van der Waals surface area contributed by atoms with Gasteiger partial charge in [-0.15, -0.1) is 0 Å². The van der Waals surface area contributed by atoms with E-state index in [0.717, 1.165) is 31.7 Å². The van der Waals surface area contributed by atoms with Gasteiger partial charge in [0.2, 0.25) is 0 Å². The molecule has 1 aliphatic heterocycles. The molecule has 3 heteroatoms.